The van der Waals surface area contributed by atoms with Crippen LogP contribution in [0.15, 0.2) is 11.4 Å². The molecule has 1 aliphatic rings. The van der Waals surface area contributed by atoms with Crippen LogP contribution in [0.1, 0.15) is 12.5 Å². The summed E-state index contributed by atoms with van der Waals surface area (Å²) >= 11 is 11.1. The Morgan fingerprint density at radius 1 is 1.71 bits per heavy atom. The van der Waals surface area contributed by atoms with Crippen LogP contribution in [0.25, 0.3) is 0 Å². The minimum atomic E-state index is 0.345. The zero-order valence-corrected chi connectivity index (χ0v) is 11.0. The molecule has 0 radical (unpaired) electrons. The zero-order valence-electron chi connectivity index (χ0n) is 7.87. The molecule has 0 spiro atoms. The van der Waals surface area contributed by atoms with Crippen LogP contribution < -0.4 is 0 Å². The second kappa shape index (κ2) is 4.52. The highest BCUT2D eigenvalue weighted by molar-refractivity contribution is 9.09. The van der Waals surface area contributed by atoms with Crippen molar-refractivity contribution in [3.63, 3.8) is 0 Å². The lowest BCUT2D eigenvalue weighted by molar-refractivity contribution is 0.106. The summed E-state index contributed by atoms with van der Waals surface area (Å²) in [6, 6.07) is 2.05. The molecule has 14 heavy (non-hydrogen) atoms. The van der Waals surface area contributed by atoms with Gasteiger partial charge in [0.1, 0.15) is 0 Å². The quantitative estimate of drug-likeness (QED) is 0.755. The summed E-state index contributed by atoms with van der Waals surface area (Å²) < 4.78 is 6.45. The number of halogens is 2. The standard InChI is InChI=1S/C10H12BrClOS/c1-6-8(9(11)4-13-6)2-7-3-10(12)14-5-7/h3,5-6,8-9H,2,4H2,1H3. The Hall–Kier alpha value is 0.430. The van der Waals surface area contributed by atoms with Gasteiger partial charge in [0.2, 0.25) is 0 Å². The van der Waals surface area contributed by atoms with Crippen molar-refractivity contribution in [3.05, 3.63) is 21.3 Å². The van der Waals surface area contributed by atoms with Crippen molar-refractivity contribution in [2.24, 2.45) is 5.92 Å². The Bertz CT molecular complexity index is 305. The molecule has 1 saturated heterocycles. The van der Waals surface area contributed by atoms with Crippen molar-refractivity contribution in [2.45, 2.75) is 24.3 Å². The molecule has 1 aromatic heterocycles. The van der Waals surface area contributed by atoms with Gasteiger partial charge < -0.3 is 4.74 Å². The highest BCUT2D eigenvalue weighted by Gasteiger charge is 2.32. The van der Waals surface area contributed by atoms with E-state index < -0.39 is 0 Å². The second-order valence-electron chi connectivity index (χ2n) is 3.68. The fourth-order valence-electron chi connectivity index (χ4n) is 1.80. The average Bonchev–Trinajstić information content (AvgIpc) is 2.67. The molecular weight excluding hydrogens is 284 g/mol. The molecule has 0 amide bonds. The van der Waals surface area contributed by atoms with E-state index in [4.69, 9.17) is 16.3 Å². The highest BCUT2D eigenvalue weighted by atomic mass is 79.9. The molecule has 1 aromatic rings. The Kier molecular flexibility index (Phi) is 3.53. The van der Waals surface area contributed by atoms with Gasteiger partial charge in [-0.1, -0.05) is 27.5 Å². The maximum Gasteiger partial charge on any atom is 0.0931 e. The van der Waals surface area contributed by atoms with Gasteiger partial charge in [-0.3, -0.25) is 0 Å². The van der Waals surface area contributed by atoms with E-state index in [9.17, 15) is 0 Å². The number of ether oxygens (including phenoxy) is 1. The van der Waals surface area contributed by atoms with Crippen molar-refractivity contribution >= 4 is 38.9 Å². The molecule has 1 fully saturated rings. The third-order valence-electron chi connectivity index (χ3n) is 2.68. The van der Waals surface area contributed by atoms with E-state index in [1.165, 1.54) is 5.56 Å². The molecule has 0 aromatic carbocycles. The molecule has 2 heterocycles. The van der Waals surface area contributed by atoms with Gasteiger partial charge in [-0.2, -0.15) is 0 Å². The minimum absolute atomic E-state index is 0.345. The van der Waals surface area contributed by atoms with E-state index in [1.54, 1.807) is 11.3 Å². The molecule has 1 aliphatic heterocycles. The third kappa shape index (κ3) is 2.32. The molecule has 0 aliphatic carbocycles. The van der Waals surface area contributed by atoms with Gasteiger partial charge in [0.15, 0.2) is 0 Å². The van der Waals surface area contributed by atoms with Crippen LogP contribution in [-0.2, 0) is 11.2 Å². The molecule has 78 valence electrons. The number of rotatable bonds is 2. The molecule has 3 unspecified atom stereocenters. The molecule has 4 heteroatoms. The van der Waals surface area contributed by atoms with E-state index >= 15 is 0 Å². The monoisotopic (exact) mass is 294 g/mol. The van der Waals surface area contributed by atoms with Gasteiger partial charge >= 0.3 is 0 Å². The van der Waals surface area contributed by atoms with Crippen LogP contribution in [0.3, 0.4) is 0 Å². The Morgan fingerprint density at radius 2 is 2.50 bits per heavy atom. The highest BCUT2D eigenvalue weighted by Crippen LogP contribution is 2.32. The first-order valence-corrected chi connectivity index (χ1v) is 6.82. The van der Waals surface area contributed by atoms with Crippen LogP contribution in [0.4, 0.5) is 0 Å². The number of hydrogen-bond donors (Lipinski definition) is 0. The summed E-state index contributed by atoms with van der Waals surface area (Å²) in [5.41, 5.74) is 1.33. The fourth-order valence-corrected chi connectivity index (χ4v) is 3.49. The van der Waals surface area contributed by atoms with Gasteiger partial charge in [-0.15, -0.1) is 11.3 Å². The molecule has 2 rings (SSSR count). The maximum absolute atomic E-state index is 5.89. The predicted octanol–water partition coefficient (Wildman–Crippen LogP) is 3.74. The van der Waals surface area contributed by atoms with Crippen molar-refractivity contribution in [3.8, 4) is 0 Å². The van der Waals surface area contributed by atoms with E-state index in [1.807, 2.05) is 0 Å². The average molecular weight is 296 g/mol. The van der Waals surface area contributed by atoms with Crippen LogP contribution >= 0.6 is 38.9 Å². The van der Waals surface area contributed by atoms with Crippen molar-refractivity contribution in [1.29, 1.82) is 0 Å². The van der Waals surface area contributed by atoms with E-state index in [0.29, 0.717) is 16.8 Å². The van der Waals surface area contributed by atoms with Crippen LogP contribution in [0.2, 0.25) is 4.34 Å². The Balaban J connectivity index is 2.03. The van der Waals surface area contributed by atoms with Crippen LogP contribution in [-0.4, -0.2) is 17.5 Å². The lowest BCUT2D eigenvalue weighted by atomic mass is 9.95. The number of thiophene rings is 1. The van der Waals surface area contributed by atoms with Gasteiger partial charge in [-0.25, -0.2) is 0 Å². The molecule has 0 bridgehead atoms. The number of alkyl halides is 1. The zero-order chi connectivity index (χ0) is 10.1. The van der Waals surface area contributed by atoms with Crippen molar-refractivity contribution in [1.82, 2.24) is 0 Å². The first-order chi connectivity index (χ1) is 6.66. The summed E-state index contributed by atoms with van der Waals surface area (Å²) in [5.74, 6) is 0.570. The topological polar surface area (TPSA) is 9.23 Å². The summed E-state index contributed by atoms with van der Waals surface area (Å²) in [5, 5.41) is 2.13. The summed E-state index contributed by atoms with van der Waals surface area (Å²) in [6.07, 6.45) is 1.40. The van der Waals surface area contributed by atoms with Crippen LogP contribution in [0.5, 0.6) is 0 Å². The number of hydrogen-bond acceptors (Lipinski definition) is 2. The predicted molar refractivity (Wildman–Crippen MR) is 64.7 cm³/mol. The van der Waals surface area contributed by atoms with Gasteiger partial charge in [-0.05, 0) is 30.4 Å². The van der Waals surface area contributed by atoms with Gasteiger partial charge in [0.25, 0.3) is 0 Å². The molecular formula is C10H12BrClOS. The van der Waals surface area contributed by atoms with Gasteiger partial charge in [0.05, 0.1) is 17.0 Å². The lowest BCUT2D eigenvalue weighted by Crippen LogP contribution is -2.20. The first-order valence-electron chi connectivity index (χ1n) is 4.65. The van der Waals surface area contributed by atoms with Gasteiger partial charge in [0, 0.05) is 10.7 Å². The van der Waals surface area contributed by atoms with Crippen molar-refractivity contribution in [2.75, 3.05) is 6.61 Å². The largest absolute Gasteiger partial charge is 0.377 e. The first kappa shape index (κ1) is 10.9. The van der Waals surface area contributed by atoms with Crippen LogP contribution in [0, 0.1) is 5.92 Å². The summed E-state index contributed by atoms with van der Waals surface area (Å²) in [6.45, 7) is 2.96. The molecule has 3 atom stereocenters. The lowest BCUT2D eigenvalue weighted by Gasteiger charge is -2.15. The molecule has 0 saturated carbocycles. The normalized spacial score (nSPS) is 32.4. The second-order valence-corrected chi connectivity index (χ2v) is 6.40. The van der Waals surface area contributed by atoms with E-state index in [-0.39, 0.29) is 0 Å². The molecule has 0 N–H and O–H groups in total. The fraction of sp³-hybridized carbons (Fsp3) is 0.600. The summed E-state index contributed by atoms with van der Waals surface area (Å²) in [4.78, 5) is 0.483. The van der Waals surface area contributed by atoms with E-state index in [0.717, 1.165) is 17.4 Å². The third-order valence-corrected chi connectivity index (χ3v) is 4.76. The summed E-state index contributed by atoms with van der Waals surface area (Å²) in [7, 11) is 0. The SMILES string of the molecule is CC1OCC(Br)C1Cc1csc(Cl)c1. The minimum Gasteiger partial charge on any atom is -0.377 e. The van der Waals surface area contributed by atoms with Crippen molar-refractivity contribution < 1.29 is 4.74 Å². The molecule has 1 nitrogen and oxygen atoms in total. The smallest absolute Gasteiger partial charge is 0.0931 e. The van der Waals surface area contributed by atoms with E-state index in [2.05, 4.69) is 34.3 Å². The maximum atomic E-state index is 5.89. The Labute approximate surface area is 102 Å². The Morgan fingerprint density at radius 3 is 3.00 bits per heavy atom.